The van der Waals surface area contributed by atoms with E-state index in [0.717, 1.165) is 5.56 Å². The Morgan fingerprint density at radius 3 is 2.45 bits per heavy atom. The molecule has 0 aliphatic rings. The Balaban J connectivity index is 1.50. The first-order valence-corrected chi connectivity index (χ1v) is 13.7. The summed E-state index contributed by atoms with van der Waals surface area (Å²) in [5, 5.41) is 7.78. The number of ether oxygens (including phenoxy) is 2. The van der Waals surface area contributed by atoms with Crippen LogP contribution in [0, 0.1) is 5.92 Å². The number of hydrogen-bond acceptors (Lipinski definition) is 10. The number of nitrogens with two attached hydrogens (primary N) is 1. The van der Waals surface area contributed by atoms with Gasteiger partial charge in [0.2, 0.25) is 11.7 Å². The highest BCUT2D eigenvalue weighted by atomic mass is 16.5. The van der Waals surface area contributed by atoms with Gasteiger partial charge in [-0.05, 0) is 30.7 Å². The first kappa shape index (κ1) is 31.8. The van der Waals surface area contributed by atoms with E-state index < -0.39 is 35.8 Å². The fraction of sp³-hybridized carbons (Fsp3) is 0.464. The number of Topliss-reactive ketones (excluding diaryl/α,β-unsaturated/α-hetero) is 1. The lowest BCUT2D eigenvalue weighted by atomic mass is 10.0. The second-order valence-electron chi connectivity index (χ2n) is 10.0. The minimum absolute atomic E-state index is 0.0476. The highest BCUT2D eigenvalue weighted by Gasteiger charge is 2.29. The predicted molar refractivity (Wildman–Crippen MR) is 154 cm³/mol. The van der Waals surface area contributed by atoms with Crippen LogP contribution in [0.25, 0.3) is 11.2 Å². The number of fused-ring (bicyclic) bond motifs is 1. The smallest absolute Gasteiger partial charge is 0.408 e. The van der Waals surface area contributed by atoms with Crippen LogP contribution in [0.4, 0.5) is 10.6 Å². The lowest BCUT2D eigenvalue weighted by Gasteiger charge is -2.23. The van der Waals surface area contributed by atoms with E-state index in [1.807, 2.05) is 44.2 Å². The molecule has 2 aromatic heterocycles. The van der Waals surface area contributed by atoms with Crippen molar-refractivity contribution >= 4 is 40.7 Å². The molecule has 0 saturated heterocycles. The van der Waals surface area contributed by atoms with Gasteiger partial charge < -0.3 is 35.7 Å². The van der Waals surface area contributed by atoms with Crippen LogP contribution in [-0.4, -0.2) is 68.9 Å². The molecule has 0 aliphatic carbocycles. The highest BCUT2D eigenvalue weighted by Crippen LogP contribution is 2.19. The number of amides is 3. The minimum Gasteiger partial charge on any atom is -0.467 e. The maximum Gasteiger partial charge on any atom is 0.408 e. The van der Waals surface area contributed by atoms with Gasteiger partial charge in [0.05, 0.1) is 19.5 Å². The number of rotatable bonds is 15. The van der Waals surface area contributed by atoms with Gasteiger partial charge in [-0.15, -0.1) is 0 Å². The molecule has 226 valence electrons. The average Bonchev–Trinajstić information content (AvgIpc) is 3.39. The fourth-order valence-electron chi connectivity index (χ4n) is 4.13. The van der Waals surface area contributed by atoms with Crippen LogP contribution in [-0.2, 0) is 32.3 Å². The molecule has 3 aromatic rings. The lowest BCUT2D eigenvalue weighted by Crippen LogP contribution is -2.54. The van der Waals surface area contributed by atoms with E-state index >= 15 is 0 Å². The summed E-state index contributed by atoms with van der Waals surface area (Å²) in [5.41, 5.74) is 7.62. The van der Waals surface area contributed by atoms with Crippen molar-refractivity contribution < 1.29 is 28.7 Å². The molecule has 0 fully saturated rings. The zero-order valence-corrected chi connectivity index (χ0v) is 24.3. The summed E-state index contributed by atoms with van der Waals surface area (Å²) < 4.78 is 12.0. The number of nitrogens with one attached hydrogen (secondary N) is 3. The second kappa shape index (κ2) is 15.3. The van der Waals surface area contributed by atoms with Gasteiger partial charge in [-0.3, -0.25) is 14.4 Å². The quantitative estimate of drug-likeness (QED) is 0.151. The van der Waals surface area contributed by atoms with E-state index in [2.05, 4.69) is 30.9 Å². The first-order valence-electron chi connectivity index (χ1n) is 13.7. The van der Waals surface area contributed by atoms with Gasteiger partial charge >= 0.3 is 12.1 Å². The molecular formula is C28H38N8O6. The molecule has 0 bridgehead atoms. The number of alkyl carbamates (subject to hydrolysis) is 1. The number of ketones is 1. The Kier molecular flexibility index (Phi) is 11.6. The van der Waals surface area contributed by atoms with Crippen molar-refractivity contribution in [3.8, 4) is 6.01 Å². The summed E-state index contributed by atoms with van der Waals surface area (Å²) in [6.45, 7) is 6.15. The Labute approximate surface area is 243 Å². The maximum atomic E-state index is 13.1. The van der Waals surface area contributed by atoms with Crippen molar-refractivity contribution in [2.45, 2.75) is 65.3 Å². The minimum atomic E-state index is -1.06. The zero-order chi connectivity index (χ0) is 30.6. The topological polar surface area (TPSA) is 192 Å². The molecule has 5 N–H and O–H groups in total. The number of aromatic nitrogens is 4. The third-order valence-corrected chi connectivity index (χ3v) is 6.31. The molecule has 0 radical (unpaired) electrons. The highest BCUT2D eigenvalue weighted by molar-refractivity contribution is 6.38. The molecule has 0 unspecified atom stereocenters. The van der Waals surface area contributed by atoms with Crippen molar-refractivity contribution in [1.82, 2.24) is 35.5 Å². The number of hydrogen-bond donors (Lipinski definition) is 4. The van der Waals surface area contributed by atoms with E-state index in [1.165, 1.54) is 7.11 Å². The van der Waals surface area contributed by atoms with Crippen LogP contribution < -0.4 is 26.4 Å². The van der Waals surface area contributed by atoms with Gasteiger partial charge in [-0.2, -0.15) is 9.97 Å². The zero-order valence-electron chi connectivity index (χ0n) is 24.3. The Hall–Kier alpha value is -4.75. The van der Waals surface area contributed by atoms with E-state index in [4.69, 9.17) is 15.2 Å². The van der Waals surface area contributed by atoms with Crippen molar-refractivity contribution in [2.24, 2.45) is 5.92 Å². The molecule has 2 heterocycles. The number of anilines is 1. The molecule has 3 rings (SSSR count). The standard InChI is InChI=1S/C28H38N8O6/c1-5-19(32-25(38)20(14-17(2)3)33-28(40)42-15-18-10-7-6-8-11-18)22(37)26(39)30-12-9-13-36-16-31-21-23(29)34-27(41-4)35-24(21)36/h6-8,10-11,16-17,19-20H,5,9,12-15H2,1-4H3,(H,30,39)(H,32,38)(H,33,40)(H2,29,34,35)/t19-,20-/m0/s1. The Morgan fingerprint density at radius 2 is 1.79 bits per heavy atom. The van der Waals surface area contributed by atoms with E-state index in [9.17, 15) is 19.2 Å². The van der Waals surface area contributed by atoms with Gasteiger partial charge in [0, 0.05) is 13.1 Å². The van der Waals surface area contributed by atoms with E-state index in [1.54, 1.807) is 17.8 Å². The summed E-state index contributed by atoms with van der Waals surface area (Å²) in [6.07, 6.45) is 1.77. The van der Waals surface area contributed by atoms with Crippen LogP contribution >= 0.6 is 0 Å². The fourth-order valence-corrected chi connectivity index (χ4v) is 4.13. The number of nitrogens with zero attached hydrogens (tertiary/aromatic N) is 4. The summed E-state index contributed by atoms with van der Waals surface area (Å²) in [6, 6.07) is 7.25. The number of methoxy groups -OCH3 is 1. The van der Waals surface area contributed by atoms with E-state index in [0.29, 0.717) is 30.6 Å². The summed E-state index contributed by atoms with van der Waals surface area (Å²) in [5.74, 6) is -1.92. The number of carbonyl (C=O) groups excluding carboxylic acids is 4. The molecule has 2 atom stereocenters. The van der Waals surface area contributed by atoms with Crippen molar-refractivity contribution in [3.63, 3.8) is 0 Å². The maximum absolute atomic E-state index is 13.1. The molecule has 42 heavy (non-hydrogen) atoms. The average molecular weight is 583 g/mol. The number of imidazole rings is 1. The van der Waals surface area contributed by atoms with Crippen molar-refractivity contribution in [1.29, 1.82) is 0 Å². The van der Waals surface area contributed by atoms with Crippen LogP contribution in [0.15, 0.2) is 36.7 Å². The summed E-state index contributed by atoms with van der Waals surface area (Å²) in [7, 11) is 1.43. The van der Waals surface area contributed by atoms with Crippen LogP contribution in [0.1, 0.15) is 45.6 Å². The van der Waals surface area contributed by atoms with Gasteiger partial charge in [-0.1, -0.05) is 51.1 Å². The number of nitrogen functional groups attached to an aromatic ring is 1. The Bertz CT molecular complexity index is 1380. The first-order chi connectivity index (χ1) is 20.1. The molecule has 0 spiro atoms. The number of aryl methyl sites for hydroxylation is 1. The summed E-state index contributed by atoms with van der Waals surface area (Å²) >= 11 is 0. The second-order valence-corrected chi connectivity index (χ2v) is 10.0. The largest absolute Gasteiger partial charge is 0.467 e. The van der Waals surface area contributed by atoms with E-state index in [-0.39, 0.29) is 37.3 Å². The Morgan fingerprint density at radius 1 is 1.05 bits per heavy atom. The van der Waals surface area contributed by atoms with Crippen LogP contribution in [0.5, 0.6) is 6.01 Å². The molecule has 3 amide bonds. The third kappa shape index (κ3) is 8.88. The SMILES string of the molecule is CC[C@H](NC(=O)[C@H](CC(C)C)NC(=O)OCc1ccccc1)C(=O)C(=O)NCCCn1cnc2c(N)nc(OC)nc21. The molecule has 0 aliphatic heterocycles. The van der Waals surface area contributed by atoms with Crippen LogP contribution in [0.2, 0.25) is 0 Å². The van der Waals surface area contributed by atoms with Crippen molar-refractivity contribution in [2.75, 3.05) is 19.4 Å². The number of carbonyl (C=O) groups is 4. The molecule has 1 aromatic carbocycles. The monoisotopic (exact) mass is 582 g/mol. The molecule has 0 saturated carbocycles. The summed E-state index contributed by atoms with van der Waals surface area (Å²) in [4.78, 5) is 63.4. The predicted octanol–water partition coefficient (Wildman–Crippen LogP) is 1.73. The van der Waals surface area contributed by atoms with Gasteiger partial charge in [0.1, 0.15) is 18.2 Å². The van der Waals surface area contributed by atoms with Gasteiger partial charge in [-0.25, -0.2) is 9.78 Å². The molecule has 14 nitrogen and oxygen atoms in total. The normalized spacial score (nSPS) is 12.4. The number of benzene rings is 1. The van der Waals surface area contributed by atoms with Crippen molar-refractivity contribution in [3.05, 3.63) is 42.2 Å². The van der Waals surface area contributed by atoms with Gasteiger partial charge in [0.15, 0.2) is 11.5 Å². The van der Waals surface area contributed by atoms with Gasteiger partial charge in [0.25, 0.3) is 5.91 Å². The third-order valence-electron chi connectivity index (χ3n) is 6.31. The molecule has 14 heteroatoms. The molecular weight excluding hydrogens is 544 g/mol. The lowest BCUT2D eigenvalue weighted by molar-refractivity contribution is -0.140. The van der Waals surface area contributed by atoms with Crippen LogP contribution in [0.3, 0.4) is 0 Å².